The molecule has 1 heterocycles. The predicted octanol–water partition coefficient (Wildman–Crippen LogP) is 5.04. The van der Waals surface area contributed by atoms with Gasteiger partial charge >= 0.3 is 5.63 Å². The van der Waals surface area contributed by atoms with Gasteiger partial charge in [-0.15, -0.1) is 0 Å². The fourth-order valence-corrected chi connectivity index (χ4v) is 3.38. The van der Waals surface area contributed by atoms with Gasteiger partial charge < -0.3 is 19.4 Å². The van der Waals surface area contributed by atoms with E-state index in [-0.39, 0.29) is 51.7 Å². The standard InChI is InChI=1S/C23H30O6/c1-7-13(5)20(25)19-22(27)14(10-9-12(3)4)21(26)18-15(16(8-2)28-6)11-17(24)29-23(18)19/h9,11,13,16,26-27H,7-8,10H2,1-6H3. The minimum absolute atomic E-state index is 0.0609. The number of rotatable bonds is 8. The van der Waals surface area contributed by atoms with E-state index in [1.165, 1.54) is 13.2 Å². The smallest absolute Gasteiger partial charge is 0.336 e. The van der Waals surface area contributed by atoms with Crippen LogP contribution in [-0.4, -0.2) is 23.1 Å². The van der Waals surface area contributed by atoms with E-state index >= 15 is 0 Å². The Kier molecular flexibility index (Phi) is 7.25. The number of phenolic OH excluding ortho intramolecular Hbond substituents is 2. The summed E-state index contributed by atoms with van der Waals surface area (Å²) in [4.78, 5) is 25.4. The molecule has 0 aliphatic heterocycles. The van der Waals surface area contributed by atoms with Crippen molar-refractivity contribution in [2.45, 2.75) is 60.0 Å². The molecule has 2 atom stereocenters. The molecular weight excluding hydrogens is 372 g/mol. The van der Waals surface area contributed by atoms with Gasteiger partial charge in [-0.25, -0.2) is 4.79 Å². The van der Waals surface area contributed by atoms with Gasteiger partial charge in [0.05, 0.1) is 11.5 Å². The number of ether oxygens (including phenoxy) is 1. The number of fused-ring (bicyclic) bond motifs is 1. The van der Waals surface area contributed by atoms with Crippen LogP contribution < -0.4 is 5.63 Å². The van der Waals surface area contributed by atoms with Gasteiger partial charge in [0.25, 0.3) is 0 Å². The zero-order valence-corrected chi connectivity index (χ0v) is 18.0. The predicted molar refractivity (Wildman–Crippen MR) is 113 cm³/mol. The van der Waals surface area contributed by atoms with Crippen molar-refractivity contribution >= 4 is 16.8 Å². The molecule has 29 heavy (non-hydrogen) atoms. The van der Waals surface area contributed by atoms with Crippen LogP contribution >= 0.6 is 0 Å². The minimum atomic E-state index is -0.669. The van der Waals surface area contributed by atoms with Crippen molar-refractivity contribution in [3.63, 3.8) is 0 Å². The molecule has 6 heteroatoms. The number of Topliss-reactive ketones (excluding diaryl/α,β-unsaturated/α-hetero) is 1. The topological polar surface area (TPSA) is 97.0 Å². The highest BCUT2D eigenvalue weighted by Gasteiger charge is 2.30. The van der Waals surface area contributed by atoms with Gasteiger partial charge in [-0.3, -0.25) is 4.79 Å². The first-order chi connectivity index (χ1) is 13.7. The largest absolute Gasteiger partial charge is 0.507 e. The highest BCUT2D eigenvalue weighted by atomic mass is 16.5. The fourth-order valence-electron chi connectivity index (χ4n) is 3.38. The lowest BCUT2D eigenvalue weighted by atomic mass is 9.89. The lowest BCUT2D eigenvalue weighted by Gasteiger charge is -2.20. The van der Waals surface area contributed by atoms with Crippen molar-refractivity contribution in [2.24, 2.45) is 5.92 Å². The van der Waals surface area contributed by atoms with Gasteiger partial charge in [0.2, 0.25) is 0 Å². The average molecular weight is 402 g/mol. The molecule has 1 aromatic heterocycles. The number of aromatic hydroxyl groups is 2. The lowest BCUT2D eigenvalue weighted by Crippen LogP contribution is -2.15. The Labute approximate surface area is 170 Å². The number of phenols is 2. The molecular formula is C23H30O6. The molecule has 2 aromatic rings. The molecule has 0 aliphatic rings. The molecule has 2 N–H and O–H groups in total. The van der Waals surface area contributed by atoms with Crippen molar-refractivity contribution in [1.29, 1.82) is 0 Å². The second-order valence-electron chi connectivity index (χ2n) is 7.57. The normalized spacial score (nSPS) is 13.3. The number of carbonyl (C=O) groups excluding carboxylic acids is 1. The maximum atomic E-state index is 13.1. The minimum Gasteiger partial charge on any atom is -0.507 e. The van der Waals surface area contributed by atoms with E-state index in [1.54, 1.807) is 6.92 Å². The van der Waals surface area contributed by atoms with Gasteiger partial charge in [-0.1, -0.05) is 32.4 Å². The quantitative estimate of drug-likeness (QED) is 0.365. The van der Waals surface area contributed by atoms with E-state index in [4.69, 9.17) is 9.15 Å². The zero-order valence-electron chi connectivity index (χ0n) is 18.0. The molecule has 0 radical (unpaired) electrons. The number of carbonyl (C=O) groups is 1. The summed E-state index contributed by atoms with van der Waals surface area (Å²) in [6.45, 7) is 9.32. The third kappa shape index (κ3) is 4.37. The first kappa shape index (κ1) is 22.7. The van der Waals surface area contributed by atoms with Gasteiger partial charge in [0, 0.05) is 30.2 Å². The van der Waals surface area contributed by atoms with Crippen molar-refractivity contribution in [3.05, 3.63) is 44.8 Å². The molecule has 1 aromatic carbocycles. The molecule has 0 fully saturated rings. The molecule has 0 bridgehead atoms. The zero-order chi connectivity index (χ0) is 21.9. The molecule has 0 saturated heterocycles. The van der Waals surface area contributed by atoms with Crippen LogP contribution in [0.15, 0.2) is 26.9 Å². The van der Waals surface area contributed by atoms with Crippen LogP contribution in [0.4, 0.5) is 0 Å². The Morgan fingerprint density at radius 1 is 1.21 bits per heavy atom. The molecule has 158 valence electrons. The molecule has 2 unspecified atom stereocenters. The van der Waals surface area contributed by atoms with Crippen molar-refractivity contribution in [2.75, 3.05) is 7.11 Å². The number of hydrogen-bond donors (Lipinski definition) is 2. The van der Waals surface area contributed by atoms with E-state index < -0.39 is 11.7 Å². The lowest BCUT2D eigenvalue weighted by molar-refractivity contribution is 0.0924. The summed E-state index contributed by atoms with van der Waals surface area (Å²) in [5.74, 6) is -1.27. The number of methoxy groups -OCH3 is 1. The summed E-state index contributed by atoms with van der Waals surface area (Å²) in [6, 6.07) is 1.28. The molecule has 0 spiro atoms. The van der Waals surface area contributed by atoms with Crippen LogP contribution in [0, 0.1) is 5.92 Å². The van der Waals surface area contributed by atoms with Gasteiger partial charge in [-0.05, 0) is 33.1 Å². The summed E-state index contributed by atoms with van der Waals surface area (Å²) in [5, 5.41) is 22.2. The van der Waals surface area contributed by atoms with Crippen molar-refractivity contribution < 1.29 is 24.2 Å². The molecule has 2 rings (SSSR count). The van der Waals surface area contributed by atoms with Crippen molar-refractivity contribution in [1.82, 2.24) is 0 Å². The summed E-state index contributed by atoms with van der Waals surface area (Å²) in [5.41, 5.74) is 0.846. The van der Waals surface area contributed by atoms with E-state index in [1.807, 2.05) is 33.8 Å². The van der Waals surface area contributed by atoms with Gasteiger partial charge in [0.1, 0.15) is 17.1 Å². The van der Waals surface area contributed by atoms with Gasteiger partial charge in [-0.2, -0.15) is 0 Å². The Morgan fingerprint density at radius 3 is 2.38 bits per heavy atom. The Bertz CT molecular complexity index is 991. The number of allylic oxidation sites excluding steroid dienone is 2. The highest BCUT2D eigenvalue weighted by Crippen LogP contribution is 2.44. The first-order valence-corrected chi connectivity index (χ1v) is 9.92. The first-order valence-electron chi connectivity index (χ1n) is 9.92. The summed E-state index contributed by atoms with van der Waals surface area (Å²) >= 11 is 0. The van der Waals surface area contributed by atoms with Crippen LogP contribution in [0.1, 0.15) is 75.0 Å². The molecule has 0 amide bonds. The Balaban J connectivity index is 3.04. The van der Waals surface area contributed by atoms with Crippen LogP contribution in [0.2, 0.25) is 0 Å². The molecule has 0 aliphatic carbocycles. The maximum Gasteiger partial charge on any atom is 0.336 e. The van der Waals surface area contributed by atoms with Crippen LogP contribution in [-0.2, 0) is 11.2 Å². The average Bonchev–Trinajstić information content (AvgIpc) is 2.67. The Morgan fingerprint density at radius 2 is 1.86 bits per heavy atom. The van der Waals surface area contributed by atoms with E-state index in [2.05, 4.69) is 0 Å². The van der Waals surface area contributed by atoms with Crippen LogP contribution in [0.5, 0.6) is 11.5 Å². The second-order valence-corrected chi connectivity index (χ2v) is 7.57. The van der Waals surface area contributed by atoms with E-state index in [9.17, 15) is 19.8 Å². The molecule has 0 saturated carbocycles. The maximum absolute atomic E-state index is 13.1. The number of ketones is 1. The monoisotopic (exact) mass is 402 g/mol. The van der Waals surface area contributed by atoms with Crippen molar-refractivity contribution in [3.8, 4) is 11.5 Å². The van der Waals surface area contributed by atoms with Crippen LogP contribution in [0.3, 0.4) is 0 Å². The highest BCUT2D eigenvalue weighted by molar-refractivity contribution is 6.12. The third-order valence-corrected chi connectivity index (χ3v) is 5.29. The fraction of sp³-hybridized carbons (Fsp3) is 0.478. The number of hydrogen-bond acceptors (Lipinski definition) is 6. The summed E-state index contributed by atoms with van der Waals surface area (Å²) in [6.07, 6.45) is 2.72. The SMILES string of the molecule is CCC(C)C(=O)c1c(O)c(CC=C(C)C)c(O)c2c(C(CC)OC)cc(=O)oc12. The van der Waals surface area contributed by atoms with E-state index in [0.717, 1.165) is 5.57 Å². The Hall–Kier alpha value is -2.60. The number of benzene rings is 1. The molecule has 6 nitrogen and oxygen atoms in total. The van der Waals surface area contributed by atoms with Crippen LogP contribution in [0.25, 0.3) is 11.0 Å². The summed E-state index contributed by atoms with van der Waals surface area (Å²) in [7, 11) is 1.52. The van der Waals surface area contributed by atoms with E-state index in [0.29, 0.717) is 18.4 Å². The second kappa shape index (κ2) is 9.27. The van der Waals surface area contributed by atoms with Gasteiger partial charge in [0.15, 0.2) is 11.4 Å². The third-order valence-electron chi connectivity index (χ3n) is 5.29. The summed E-state index contributed by atoms with van der Waals surface area (Å²) < 4.78 is 10.9.